The summed E-state index contributed by atoms with van der Waals surface area (Å²) in [7, 11) is 2.91. The van der Waals surface area contributed by atoms with Gasteiger partial charge in [-0.3, -0.25) is 14.9 Å². The molecule has 2 aromatic rings. The summed E-state index contributed by atoms with van der Waals surface area (Å²) >= 11 is 0.960. The Morgan fingerprint density at radius 1 is 1.13 bits per heavy atom. The van der Waals surface area contributed by atoms with Crippen LogP contribution < -0.4 is 14.8 Å². The van der Waals surface area contributed by atoms with E-state index in [0.29, 0.717) is 17.1 Å². The molecule has 9 nitrogen and oxygen atoms in total. The smallest absolute Gasteiger partial charge is 0.340 e. The van der Waals surface area contributed by atoms with Crippen LogP contribution in [0.15, 0.2) is 23.6 Å². The van der Waals surface area contributed by atoms with Crippen molar-refractivity contribution in [3.05, 3.63) is 44.8 Å². The minimum atomic E-state index is -0.686. The number of anilines is 1. The van der Waals surface area contributed by atoms with Crippen molar-refractivity contribution in [2.75, 3.05) is 19.5 Å². The van der Waals surface area contributed by atoms with Gasteiger partial charge in [0.25, 0.3) is 0 Å². The number of hydrogen-bond acceptors (Lipinski definition) is 8. The molecule has 1 saturated carbocycles. The van der Waals surface area contributed by atoms with Gasteiger partial charge in [0.05, 0.1) is 30.4 Å². The number of amides is 1. The van der Waals surface area contributed by atoms with Gasteiger partial charge in [0.15, 0.2) is 11.5 Å². The maximum Gasteiger partial charge on any atom is 0.340 e. The normalized spacial score (nSPS) is 14.0. The zero-order chi connectivity index (χ0) is 22.4. The molecule has 1 amide bonds. The molecular formula is C21H24N2O7S. The highest BCUT2D eigenvalue weighted by molar-refractivity contribution is 7.13. The van der Waals surface area contributed by atoms with E-state index in [1.807, 2.05) is 0 Å². The summed E-state index contributed by atoms with van der Waals surface area (Å²) in [4.78, 5) is 35.9. The van der Waals surface area contributed by atoms with Crippen LogP contribution in [0.5, 0.6) is 11.5 Å². The van der Waals surface area contributed by atoms with Crippen LogP contribution in [-0.2, 0) is 16.1 Å². The molecule has 1 heterocycles. The van der Waals surface area contributed by atoms with Gasteiger partial charge in [-0.15, -0.1) is 0 Å². The van der Waals surface area contributed by atoms with Gasteiger partial charge >= 0.3 is 11.0 Å². The van der Waals surface area contributed by atoms with Crippen LogP contribution in [0.2, 0.25) is 0 Å². The first kappa shape index (κ1) is 22.5. The molecule has 0 bridgehead atoms. The number of nitro groups is 1. The quantitative estimate of drug-likeness (QED) is 0.358. The number of carbonyl (C=O) groups excluding carboxylic acids is 2. The minimum Gasteiger partial charge on any atom is -0.493 e. The van der Waals surface area contributed by atoms with E-state index >= 15 is 0 Å². The summed E-state index contributed by atoms with van der Waals surface area (Å²) in [6, 6.07) is 4.34. The van der Waals surface area contributed by atoms with Crippen molar-refractivity contribution in [3.8, 4) is 11.5 Å². The van der Waals surface area contributed by atoms with Crippen LogP contribution in [0.4, 0.5) is 10.7 Å². The van der Waals surface area contributed by atoms with E-state index in [-0.39, 0.29) is 34.7 Å². The van der Waals surface area contributed by atoms with E-state index in [1.54, 1.807) is 5.38 Å². The van der Waals surface area contributed by atoms with Gasteiger partial charge in [-0.2, -0.15) is 0 Å². The largest absolute Gasteiger partial charge is 0.493 e. The number of nitrogens with zero attached hydrogens (tertiary/aromatic N) is 1. The molecule has 1 aromatic carbocycles. The molecular weight excluding hydrogens is 424 g/mol. The van der Waals surface area contributed by atoms with E-state index in [4.69, 9.17) is 14.2 Å². The lowest BCUT2D eigenvalue weighted by molar-refractivity contribution is -0.380. The fourth-order valence-electron chi connectivity index (χ4n) is 3.51. The van der Waals surface area contributed by atoms with Gasteiger partial charge < -0.3 is 19.5 Å². The van der Waals surface area contributed by atoms with Crippen molar-refractivity contribution < 1.29 is 28.7 Å². The molecule has 3 rings (SSSR count). The third-order valence-corrected chi connectivity index (χ3v) is 6.10. The van der Waals surface area contributed by atoms with Crippen molar-refractivity contribution in [1.82, 2.24) is 0 Å². The van der Waals surface area contributed by atoms with E-state index in [9.17, 15) is 19.7 Å². The number of thiophene rings is 1. The number of rotatable bonds is 8. The first-order valence-corrected chi connectivity index (χ1v) is 10.8. The Morgan fingerprint density at radius 3 is 2.42 bits per heavy atom. The minimum absolute atomic E-state index is 0.0300. The van der Waals surface area contributed by atoms with Crippen molar-refractivity contribution in [2.24, 2.45) is 5.92 Å². The van der Waals surface area contributed by atoms with Crippen LogP contribution in [0.1, 0.15) is 48.0 Å². The highest BCUT2D eigenvalue weighted by atomic mass is 32.1. The Bertz CT molecular complexity index is 967. The molecule has 166 valence electrons. The summed E-state index contributed by atoms with van der Waals surface area (Å²) < 4.78 is 15.9. The average molecular weight is 448 g/mol. The molecule has 0 aliphatic heterocycles. The van der Waals surface area contributed by atoms with Crippen molar-refractivity contribution in [3.63, 3.8) is 0 Å². The monoisotopic (exact) mass is 448 g/mol. The van der Waals surface area contributed by atoms with Crippen LogP contribution in [-0.4, -0.2) is 31.0 Å². The van der Waals surface area contributed by atoms with E-state index < -0.39 is 10.9 Å². The zero-order valence-electron chi connectivity index (χ0n) is 17.3. The van der Waals surface area contributed by atoms with Crippen LogP contribution >= 0.6 is 11.3 Å². The summed E-state index contributed by atoms with van der Waals surface area (Å²) in [6.45, 7) is -0.131. The fourth-order valence-corrected chi connectivity index (χ4v) is 4.23. The average Bonchev–Trinajstić information content (AvgIpc) is 3.27. The number of carbonyl (C=O) groups is 2. The van der Waals surface area contributed by atoms with Gasteiger partial charge in [0.1, 0.15) is 6.61 Å². The predicted molar refractivity (Wildman–Crippen MR) is 115 cm³/mol. The Balaban J connectivity index is 1.80. The zero-order valence-corrected chi connectivity index (χ0v) is 18.2. The van der Waals surface area contributed by atoms with E-state index in [0.717, 1.165) is 43.4 Å². The maximum atomic E-state index is 12.8. The Labute approximate surface area is 183 Å². The fraction of sp³-hybridized carbons (Fsp3) is 0.429. The Kier molecular flexibility index (Phi) is 7.45. The van der Waals surface area contributed by atoms with Gasteiger partial charge in [-0.1, -0.05) is 30.6 Å². The first-order valence-electron chi connectivity index (χ1n) is 9.88. The molecule has 0 radical (unpaired) electrons. The standard InChI is InChI=1S/C21H24N2O7S/c1-28-17-9-15(21(25)30-11-13-8-19(23(26)27)31-12-13)16(10-18(17)29-2)22-20(24)14-6-4-3-5-7-14/h8-10,12,14H,3-7,11H2,1-2H3,(H,22,24). The van der Waals surface area contributed by atoms with Crippen molar-refractivity contribution in [1.29, 1.82) is 0 Å². The molecule has 1 N–H and O–H groups in total. The molecule has 0 saturated heterocycles. The van der Waals surface area contributed by atoms with Gasteiger partial charge in [0, 0.05) is 35.1 Å². The maximum absolute atomic E-state index is 12.8. The van der Waals surface area contributed by atoms with Crippen LogP contribution in [0, 0.1) is 16.0 Å². The highest BCUT2D eigenvalue weighted by Gasteiger charge is 2.25. The lowest BCUT2D eigenvalue weighted by Gasteiger charge is -2.22. The van der Waals surface area contributed by atoms with Crippen LogP contribution in [0.3, 0.4) is 0 Å². The molecule has 31 heavy (non-hydrogen) atoms. The molecule has 0 unspecified atom stereocenters. The SMILES string of the molecule is COc1cc(NC(=O)C2CCCCC2)c(C(=O)OCc2csc([N+](=O)[O-])c2)cc1OC. The second-order valence-electron chi connectivity index (χ2n) is 7.20. The number of esters is 1. The number of ether oxygens (including phenoxy) is 3. The van der Waals surface area contributed by atoms with E-state index in [1.165, 1.54) is 32.4 Å². The topological polar surface area (TPSA) is 117 Å². The predicted octanol–water partition coefficient (Wildman–Crippen LogP) is 4.55. The van der Waals surface area contributed by atoms with Gasteiger partial charge in [-0.05, 0) is 12.8 Å². The molecule has 10 heteroatoms. The second kappa shape index (κ2) is 10.3. The van der Waals surface area contributed by atoms with Crippen molar-refractivity contribution in [2.45, 2.75) is 38.7 Å². The molecule has 1 aromatic heterocycles. The van der Waals surface area contributed by atoms with Crippen LogP contribution in [0.25, 0.3) is 0 Å². The number of hydrogen-bond donors (Lipinski definition) is 1. The first-order chi connectivity index (χ1) is 14.9. The van der Waals surface area contributed by atoms with Crippen molar-refractivity contribution >= 4 is 33.9 Å². The second-order valence-corrected chi connectivity index (χ2v) is 8.09. The lowest BCUT2D eigenvalue weighted by atomic mass is 9.88. The number of benzene rings is 1. The van der Waals surface area contributed by atoms with Gasteiger partial charge in [-0.25, -0.2) is 4.79 Å². The molecule has 1 aliphatic carbocycles. The third kappa shape index (κ3) is 5.52. The molecule has 1 fully saturated rings. The molecule has 0 spiro atoms. The molecule has 1 aliphatic rings. The summed E-state index contributed by atoms with van der Waals surface area (Å²) in [5.41, 5.74) is 0.902. The third-order valence-electron chi connectivity index (χ3n) is 5.17. The lowest BCUT2D eigenvalue weighted by Crippen LogP contribution is -2.26. The highest BCUT2D eigenvalue weighted by Crippen LogP contribution is 2.35. The van der Waals surface area contributed by atoms with Gasteiger partial charge in [0.2, 0.25) is 5.91 Å². The summed E-state index contributed by atoms with van der Waals surface area (Å²) in [5, 5.41) is 15.2. The number of nitrogens with one attached hydrogen (secondary N) is 1. The Morgan fingerprint density at radius 2 is 1.81 bits per heavy atom. The van der Waals surface area contributed by atoms with E-state index in [2.05, 4.69) is 5.32 Å². The Hall–Kier alpha value is -3.14. The summed E-state index contributed by atoms with van der Waals surface area (Å²) in [6.07, 6.45) is 4.77. The number of methoxy groups -OCH3 is 2. The summed E-state index contributed by atoms with van der Waals surface area (Å²) in [5.74, 6) is -0.247. The molecule has 0 atom stereocenters.